The van der Waals surface area contributed by atoms with Gasteiger partial charge in [-0.15, -0.1) is 0 Å². The first kappa shape index (κ1) is 19.5. The van der Waals surface area contributed by atoms with Gasteiger partial charge in [0.05, 0.1) is 6.61 Å². The van der Waals surface area contributed by atoms with E-state index in [2.05, 4.69) is 0 Å². The van der Waals surface area contributed by atoms with Crippen LogP contribution in [0, 0.1) is 0 Å². The fourth-order valence-corrected chi connectivity index (χ4v) is 2.69. The molecule has 0 unspecified atom stereocenters. The fraction of sp³-hybridized carbons (Fsp3) is 0.333. The van der Waals surface area contributed by atoms with Gasteiger partial charge in [-0.2, -0.15) is 0 Å². The van der Waals surface area contributed by atoms with Crippen molar-refractivity contribution in [3.05, 3.63) is 54.1 Å². The largest absolute Gasteiger partial charge is 0.494 e. The average molecular weight is 385 g/mol. The molecule has 148 valence electrons. The maximum absolute atomic E-state index is 12.3. The molecular weight excluding hydrogens is 362 g/mol. The lowest BCUT2D eigenvalue weighted by molar-refractivity contribution is -0.159. The fourth-order valence-electron chi connectivity index (χ4n) is 2.69. The number of carbonyl (C=O) groups excluding carboxylic acids is 2. The number of para-hydroxylation sites is 2. The van der Waals surface area contributed by atoms with Crippen molar-refractivity contribution in [1.29, 1.82) is 0 Å². The highest BCUT2D eigenvalue weighted by Gasteiger charge is 2.29. The standard InChI is InChI=1S/C21H23NO6/c1-3-25-16-10-8-15(9-11-16)12-22(2)20(23)14-27-21(24)19-13-26-17-6-4-5-7-18(17)28-19/h4-11,19H,3,12-14H2,1-2H3/t19-/m0/s1. The zero-order chi connectivity index (χ0) is 19.9. The summed E-state index contributed by atoms with van der Waals surface area (Å²) in [6, 6.07) is 14.6. The molecule has 0 N–H and O–H groups in total. The van der Waals surface area contributed by atoms with Crippen LogP contribution < -0.4 is 14.2 Å². The summed E-state index contributed by atoms with van der Waals surface area (Å²) in [5, 5.41) is 0. The van der Waals surface area contributed by atoms with E-state index in [0.717, 1.165) is 11.3 Å². The van der Waals surface area contributed by atoms with Crippen molar-refractivity contribution in [2.45, 2.75) is 19.6 Å². The minimum atomic E-state index is -0.890. The van der Waals surface area contributed by atoms with Crippen molar-refractivity contribution in [1.82, 2.24) is 4.90 Å². The van der Waals surface area contributed by atoms with Gasteiger partial charge in [-0.1, -0.05) is 24.3 Å². The molecule has 0 aromatic heterocycles. The van der Waals surface area contributed by atoms with Gasteiger partial charge in [-0.3, -0.25) is 4.79 Å². The Hall–Kier alpha value is -3.22. The van der Waals surface area contributed by atoms with Gasteiger partial charge in [0.1, 0.15) is 12.4 Å². The third-order valence-corrected chi connectivity index (χ3v) is 4.19. The molecule has 0 fully saturated rings. The third-order valence-electron chi connectivity index (χ3n) is 4.19. The maximum atomic E-state index is 12.3. The molecule has 1 atom stereocenters. The van der Waals surface area contributed by atoms with E-state index in [4.69, 9.17) is 18.9 Å². The number of hydrogen-bond acceptors (Lipinski definition) is 6. The number of nitrogens with zero attached hydrogens (tertiary/aromatic N) is 1. The smallest absolute Gasteiger partial charge is 0.351 e. The van der Waals surface area contributed by atoms with Gasteiger partial charge in [0.25, 0.3) is 5.91 Å². The Bertz CT molecular complexity index is 820. The van der Waals surface area contributed by atoms with E-state index in [9.17, 15) is 9.59 Å². The highest BCUT2D eigenvalue weighted by atomic mass is 16.6. The van der Waals surface area contributed by atoms with Crippen LogP contribution in [0.3, 0.4) is 0 Å². The van der Waals surface area contributed by atoms with Crippen molar-refractivity contribution < 1.29 is 28.5 Å². The number of hydrogen-bond donors (Lipinski definition) is 0. The van der Waals surface area contributed by atoms with Gasteiger partial charge in [-0.25, -0.2) is 4.79 Å². The Morgan fingerprint density at radius 3 is 2.54 bits per heavy atom. The first-order valence-electron chi connectivity index (χ1n) is 9.07. The highest BCUT2D eigenvalue weighted by molar-refractivity contribution is 5.82. The molecule has 0 spiro atoms. The number of ether oxygens (including phenoxy) is 4. The number of likely N-dealkylation sites (N-methyl/N-ethyl adjacent to an activating group) is 1. The summed E-state index contributed by atoms with van der Waals surface area (Å²) < 4.78 is 21.6. The molecule has 7 nitrogen and oxygen atoms in total. The summed E-state index contributed by atoms with van der Waals surface area (Å²) in [5.74, 6) is 0.912. The molecule has 1 aliphatic rings. The summed E-state index contributed by atoms with van der Waals surface area (Å²) >= 11 is 0. The zero-order valence-electron chi connectivity index (χ0n) is 15.9. The molecule has 0 radical (unpaired) electrons. The Kier molecular flexibility index (Phi) is 6.37. The molecule has 28 heavy (non-hydrogen) atoms. The molecule has 2 aromatic rings. The predicted octanol–water partition coefficient (Wildman–Crippen LogP) is 2.43. The van der Waals surface area contributed by atoms with Crippen LogP contribution >= 0.6 is 0 Å². The van der Waals surface area contributed by atoms with Crippen LogP contribution in [0.4, 0.5) is 0 Å². The molecule has 0 aliphatic carbocycles. The van der Waals surface area contributed by atoms with E-state index in [-0.39, 0.29) is 19.1 Å². The second kappa shape index (κ2) is 9.12. The Morgan fingerprint density at radius 1 is 1.11 bits per heavy atom. The second-order valence-electron chi connectivity index (χ2n) is 6.30. The Morgan fingerprint density at radius 2 is 1.82 bits per heavy atom. The first-order chi connectivity index (χ1) is 13.6. The van der Waals surface area contributed by atoms with E-state index in [1.165, 1.54) is 4.90 Å². The van der Waals surface area contributed by atoms with Crippen LogP contribution in [0.1, 0.15) is 12.5 Å². The third kappa shape index (κ3) is 4.94. The van der Waals surface area contributed by atoms with Gasteiger partial charge in [0, 0.05) is 13.6 Å². The van der Waals surface area contributed by atoms with Crippen LogP contribution in [0.25, 0.3) is 0 Å². The molecular formula is C21H23NO6. The number of fused-ring (bicyclic) bond motifs is 1. The van der Waals surface area contributed by atoms with Crippen LogP contribution in [0.2, 0.25) is 0 Å². The second-order valence-corrected chi connectivity index (χ2v) is 6.30. The molecule has 3 rings (SSSR count). The molecule has 0 bridgehead atoms. The quantitative estimate of drug-likeness (QED) is 0.682. The summed E-state index contributed by atoms with van der Waals surface area (Å²) in [4.78, 5) is 25.9. The lowest BCUT2D eigenvalue weighted by atomic mass is 10.2. The predicted molar refractivity (Wildman–Crippen MR) is 101 cm³/mol. The lowest BCUT2D eigenvalue weighted by Gasteiger charge is -2.25. The molecule has 7 heteroatoms. The molecule has 1 aliphatic heterocycles. The number of benzene rings is 2. The maximum Gasteiger partial charge on any atom is 0.351 e. The van der Waals surface area contributed by atoms with E-state index in [1.807, 2.05) is 37.3 Å². The molecule has 0 saturated heterocycles. The lowest BCUT2D eigenvalue weighted by Crippen LogP contribution is -2.40. The number of esters is 1. The van der Waals surface area contributed by atoms with E-state index in [1.54, 1.807) is 25.2 Å². The van der Waals surface area contributed by atoms with Crippen LogP contribution in [-0.4, -0.2) is 49.7 Å². The molecule has 1 heterocycles. The van der Waals surface area contributed by atoms with Crippen molar-refractivity contribution >= 4 is 11.9 Å². The van der Waals surface area contributed by atoms with Crippen LogP contribution in [0.5, 0.6) is 17.2 Å². The van der Waals surface area contributed by atoms with Gasteiger partial charge in [0.15, 0.2) is 18.1 Å². The van der Waals surface area contributed by atoms with Gasteiger partial charge in [-0.05, 0) is 36.8 Å². The monoisotopic (exact) mass is 385 g/mol. The van der Waals surface area contributed by atoms with Gasteiger partial charge < -0.3 is 23.8 Å². The number of amides is 1. The van der Waals surface area contributed by atoms with Gasteiger partial charge >= 0.3 is 5.97 Å². The normalized spacial score (nSPS) is 14.9. The highest BCUT2D eigenvalue weighted by Crippen LogP contribution is 2.31. The summed E-state index contributed by atoms with van der Waals surface area (Å²) in [5.41, 5.74) is 0.950. The van der Waals surface area contributed by atoms with Crippen molar-refractivity contribution in [3.8, 4) is 17.2 Å². The minimum Gasteiger partial charge on any atom is -0.494 e. The summed E-state index contributed by atoms with van der Waals surface area (Å²) in [7, 11) is 1.66. The zero-order valence-corrected chi connectivity index (χ0v) is 15.9. The Balaban J connectivity index is 1.46. The van der Waals surface area contributed by atoms with E-state index in [0.29, 0.717) is 24.7 Å². The van der Waals surface area contributed by atoms with Crippen molar-refractivity contribution in [2.75, 3.05) is 26.9 Å². The molecule has 2 aromatic carbocycles. The SMILES string of the molecule is CCOc1ccc(CN(C)C(=O)COC(=O)[C@@H]2COc3ccccc3O2)cc1. The van der Waals surface area contributed by atoms with Crippen LogP contribution in [-0.2, 0) is 20.9 Å². The Labute approximate surface area is 163 Å². The van der Waals surface area contributed by atoms with Crippen molar-refractivity contribution in [3.63, 3.8) is 0 Å². The van der Waals surface area contributed by atoms with Crippen LogP contribution in [0.15, 0.2) is 48.5 Å². The average Bonchev–Trinajstić information content (AvgIpc) is 2.73. The number of rotatable bonds is 7. The van der Waals surface area contributed by atoms with E-state index >= 15 is 0 Å². The van der Waals surface area contributed by atoms with Gasteiger partial charge in [0.2, 0.25) is 6.10 Å². The summed E-state index contributed by atoms with van der Waals surface area (Å²) in [6.07, 6.45) is -0.890. The molecule has 1 amide bonds. The molecule has 0 saturated carbocycles. The summed E-state index contributed by atoms with van der Waals surface area (Å²) in [6.45, 7) is 2.62. The minimum absolute atomic E-state index is 0.0477. The number of carbonyl (C=O) groups is 2. The topological polar surface area (TPSA) is 74.3 Å². The van der Waals surface area contributed by atoms with Crippen molar-refractivity contribution in [2.24, 2.45) is 0 Å². The van der Waals surface area contributed by atoms with E-state index < -0.39 is 12.1 Å². The first-order valence-corrected chi connectivity index (χ1v) is 9.07.